The predicted molar refractivity (Wildman–Crippen MR) is 530 cm³/mol. The number of unbranched alkanes of at least 4 members (excludes halogenated alkanes) is 79. The van der Waals surface area contributed by atoms with E-state index in [0.717, 1.165) is 19.3 Å². The predicted octanol–water partition coefficient (Wildman–Crippen LogP) is 42.7. The van der Waals surface area contributed by atoms with Crippen LogP contribution in [0.4, 0.5) is 0 Å². The molecule has 0 amide bonds. The molecule has 116 heavy (non-hydrogen) atoms. The van der Waals surface area contributed by atoms with E-state index in [2.05, 4.69) is 74.5 Å². The summed E-state index contributed by atoms with van der Waals surface area (Å²) in [5.41, 5.74) is -0.502. The molecular formula is C114H226O2. The Hall–Kier alpha value is -0.790. The topological polar surface area (TPSA) is 26.3 Å². The van der Waals surface area contributed by atoms with Crippen molar-refractivity contribution in [2.24, 2.45) is 22.2 Å². The number of hydrogen-bond acceptors (Lipinski definition) is 2. The minimum absolute atomic E-state index is 0.0838. The van der Waals surface area contributed by atoms with Crippen LogP contribution in [0.15, 0.2) is 12.2 Å². The third-order valence-corrected chi connectivity index (χ3v) is 29.3. The Labute approximate surface area is 737 Å². The molecule has 1 atom stereocenters. The lowest BCUT2D eigenvalue weighted by molar-refractivity contribution is -0.199. The molecule has 0 rings (SSSR count). The van der Waals surface area contributed by atoms with Crippen LogP contribution < -0.4 is 0 Å². The average Bonchev–Trinajstić information content (AvgIpc) is 0.705. The highest BCUT2D eigenvalue weighted by molar-refractivity contribution is 5.78. The zero-order chi connectivity index (χ0) is 84.1. The Morgan fingerprint density at radius 2 is 0.379 bits per heavy atom. The van der Waals surface area contributed by atoms with E-state index in [1.54, 1.807) is 0 Å². The zero-order valence-electron chi connectivity index (χ0n) is 82.8. The largest absolute Gasteiger partial charge is 0.465 e. The molecule has 0 saturated heterocycles. The molecule has 694 valence electrons. The van der Waals surface area contributed by atoms with Gasteiger partial charge in [0.2, 0.25) is 0 Å². The van der Waals surface area contributed by atoms with Crippen LogP contribution in [0.2, 0.25) is 0 Å². The van der Waals surface area contributed by atoms with E-state index >= 15 is 4.79 Å². The first-order valence-corrected chi connectivity index (χ1v) is 56.2. The van der Waals surface area contributed by atoms with Gasteiger partial charge in [0.25, 0.3) is 0 Å². The number of rotatable bonds is 103. The smallest absolute Gasteiger partial charge is 0.312 e. The van der Waals surface area contributed by atoms with Gasteiger partial charge in [0, 0.05) is 0 Å². The molecule has 0 N–H and O–H groups in total. The van der Waals surface area contributed by atoms with Gasteiger partial charge in [-0.25, -0.2) is 0 Å². The van der Waals surface area contributed by atoms with Crippen molar-refractivity contribution in [3.63, 3.8) is 0 Å². The number of carbonyl (C=O) groups excluding carboxylic acids is 1. The Morgan fingerprint density at radius 1 is 0.198 bits per heavy atom. The molecule has 0 fully saturated rings. The fourth-order valence-corrected chi connectivity index (χ4v) is 21.7. The Balaban J connectivity index is 9.62. The molecule has 2 nitrogen and oxygen atoms in total. The molecule has 0 bridgehead atoms. The lowest BCUT2D eigenvalue weighted by Crippen LogP contribution is -2.60. The third-order valence-electron chi connectivity index (χ3n) is 29.3. The third kappa shape index (κ3) is 67.6. The molecule has 0 radical (unpaired) electrons. The molecule has 0 aromatic carbocycles. The number of allylic oxidation sites excluding steroid dienone is 2. The van der Waals surface area contributed by atoms with Gasteiger partial charge < -0.3 is 4.74 Å². The molecule has 0 aliphatic carbocycles. The number of carbonyl (C=O) groups is 1. The Kier molecular flexibility index (Phi) is 94.2. The van der Waals surface area contributed by atoms with Crippen LogP contribution in [0, 0.1) is 22.2 Å². The van der Waals surface area contributed by atoms with E-state index in [9.17, 15) is 0 Å². The highest BCUT2D eigenvalue weighted by atomic mass is 16.5. The SMILES string of the molecule is CCCCCCCCC=CCCCC(CCCCCCCCCCCC)C(CCCCCCCCCCCC)(CCCCCCCCCCCC)C(CCCCCCCCCCCC)(CCCCCCCCCCCC)C(CCCCCCCCCCCC)(CCCCCCCCCCCC)C(=O)OCCCCCCCCCCCC. The van der Waals surface area contributed by atoms with Gasteiger partial charge in [-0.15, -0.1) is 0 Å². The summed E-state index contributed by atoms with van der Waals surface area (Å²) in [6, 6.07) is 0. The van der Waals surface area contributed by atoms with Crippen LogP contribution in [0.25, 0.3) is 0 Å². The maximum atomic E-state index is 17.9. The first-order valence-electron chi connectivity index (χ1n) is 56.2. The second-order valence-electron chi connectivity index (χ2n) is 39.9. The molecular weight excluding hydrogens is 1400 g/mol. The van der Waals surface area contributed by atoms with E-state index < -0.39 is 5.41 Å². The number of ether oxygens (including phenoxy) is 1. The zero-order valence-corrected chi connectivity index (χ0v) is 82.8. The van der Waals surface area contributed by atoms with Crippen molar-refractivity contribution < 1.29 is 9.53 Å². The lowest BCUT2D eigenvalue weighted by Gasteiger charge is -2.64. The van der Waals surface area contributed by atoms with E-state index in [0.29, 0.717) is 18.5 Å². The number of hydrogen-bond donors (Lipinski definition) is 0. The van der Waals surface area contributed by atoms with Gasteiger partial charge in [-0.3, -0.25) is 4.79 Å². The van der Waals surface area contributed by atoms with Gasteiger partial charge in [-0.05, 0) is 100 Å². The first kappa shape index (κ1) is 115. The first-order chi connectivity index (χ1) is 57.4. The second-order valence-corrected chi connectivity index (χ2v) is 39.9. The molecule has 0 aromatic heterocycles. The molecule has 0 aliphatic heterocycles. The minimum atomic E-state index is -0.478. The van der Waals surface area contributed by atoms with Crippen molar-refractivity contribution in [3.8, 4) is 0 Å². The second kappa shape index (κ2) is 94.9. The summed E-state index contributed by atoms with van der Waals surface area (Å²) in [5, 5.41) is 0. The normalized spacial score (nSPS) is 12.6. The fraction of sp³-hybridized carbons (Fsp3) is 0.974. The standard InChI is InChI=1S/C114H226O2/c1-10-19-28-37-46-55-64-66-75-84-93-102-110(101-92-83-74-65-56-47-38-29-20-11-2)112(103-94-85-76-67-57-48-39-30-21-12-3,104-95-86-77-68-58-49-40-31-22-13-4)114(107-98-89-80-71-61-52-43-34-25-16-7,108-99-90-81-72-62-53-44-35-26-17-8)113(105-96-87-78-69-59-50-41-32-23-14-5,106-97-88-79-70-60-51-42-33-24-15-6)111(115)116-109-100-91-82-73-63-54-45-36-27-18-9/h66,75,110H,10-65,67-74,76-109H2,1-9H3. The van der Waals surface area contributed by atoms with E-state index in [-0.39, 0.29) is 10.8 Å². The van der Waals surface area contributed by atoms with Gasteiger partial charge in [0.05, 0.1) is 12.0 Å². The monoisotopic (exact) mass is 1630 g/mol. The summed E-state index contributed by atoms with van der Waals surface area (Å²) in [7, 11) is 0. The van der Waals surface area contributed by atoms with Crippen LogP contribution in [-0.2, 0) is 9.53 Å². The van der Waals surface area contributed by atoms with Gasteiger partial charge >= 0.3 is 5.97 Å². The summed E-state index contributed by atoms with van der Waals surface area (Å²) < 4.78 is 7.65. The molecule has 2 heteroatoms. The van der Waals surface area contributed by atoms with E-state index in [1.807, 2.05) is 0 Å². The summed E-state index contributed by atoms with van der Waals surface area (Å²) in [5.74, 6) is 1.01. The molecule has 0 spiro atoms. The Bertz CT molecular complexity index is 1770. The van der Waals surface area contributed by atoms with Gasteiger partial charge in [0.15, 0.2) is 0 Å². The van der Waals surface area contributed by atoms with Crippen molar-refractivity contribution in [1.29, 1.82) is 0 Å². The lowest BCUT2D eigenvalue weighted by atomic mass is 9.39. The molecule has 0 heterocycles. The highest BCUT2D eigenvalue weighted by Crippen LogP contribution is 2.70. The summed E-state index contributed by atoms with van der Waals surface area (Å²) in [6.07, 6.45) is 138. The van der Waals surface area contributed by atoms with Crippen LogP contribution in [0.1, 0.15) is 685 Å². The van der Waals surface area contributed by atoms with E-state index in [4.69, 9.17) is 4.74 Å². The van der Waals surface area contributed by atoms with E-state index in [1.165, 1.54) is 604 Å². The quantitative estimate of drug-likeness (QED) is 0.0345. The van der Waals surface area contributed by atoms with Gasteiger partial charge in [0.1, 0.15) is 0 Å². The minimum Gasteiger partial charge on any atom is -0.465 e. The molecule has 0 aromatic rings. The van der Waals surface area contributed by atoms with Crippen molar-refractivity contribution in [2.75, 3.05) is 6.61 Å². The number of esters is 1. The van der Waals surface area contributed by atoms with Crippen molar-refractivity contribution in [2.45, 2.75) is 685 Å². The molecule has 1 unspecified atom stereocenters. The highest BCUT2D eigenvalue weighted by Gasteiger charge is 2.65. The summed E-state index contributed by atoms with van der Waals surface area (Å²) in [6.45, 7) is 22.1. The average molecular weight is 1630 g/mol. The maximum absolute atomic E-state index is 17.9. The summed E-state index contributed by atoms with van der Waals surface area (Å²) >= 11 is 0. The molecule has 0 aliphatic rings. The van der Waals surface area contributed by atoms with Crippen molar-refractivity contribution in [1.82, 2.24) is 0 Å². The molecule has 0 saturated carbocycles. The van der Waals surface area contributed by atoms with Crippen LogP contribution in [0.5, 0.6) is 0 Å². The fourth-order valence-electron chi connectivity index (χ4n) is 21.7. The Morgan fingerprint density at radius 3 is 0.629 bits per heavy atom. The van der Waals surface area contributed by atoms with Crippen LogP contribution >= 0.6 is 0 Å². The van der Waals surface area contributed by atoms with Crippen LogP contribution in [0.3, 0.4) is 0 Å². The van der Waals surface area contributed by atoms with Gasteiger partial charge in [-0.2, -0.15) is 0 Å². The maximum Gasteiger partial charge on any atom is 0.312 e. The summed E-state index contributed by atoms with van der Waals surface area (Å²) in [4.78, 5) is 17.9. The van der Waals surface area contributed by atoms with Gasteiger partial charge in [-0.1, -0.05) is 614 Å². The van der Waals surface area contributed by atoms with Crippen molar-refractivity contribution in [3.05, 3.63) is 12.2 Å². The van der Waals surface area contributed by atoms with Crippen molar-refractivity contribution >= 4 is 5.97 Å². The van der Waals surface area contributed by atoms with Crippen LogP contribution in [-0.4, -0.2) is 12.6 Å².